The summed E-state index contributed by atoms with van der Waals surface area (Å²) in [5, 5.41) is 4.34. The van der Waals surface area contributed by atoms with Crippen LogP contribution in [-0.4, -0.2) is 44.1 Å². The average molecular weight is 387 g/mol. The number of carbonyl (C=O) groups is 1. The molecule has 0 fully saturated rings. The normalized spacial score (nSPS) is 10.8. The van der Waals surface area contributed by atoms with Crippen LogP contribution in [0.1, 0.15) is 21.6 Å². The summed E-state index contributed by atoms with van der Waals surface area (Å²) >= 11 is 0. The summed E-state index contributed by atoms with van der Waals surface area (Å²) in [7, 11) is 1.80. The molecule has 0 aliphatic heterocycles. The fourth-order valence-corrected chi connectivity index (χ4v) is 3.08. The van der Waals surface area contributed by atoms with E-state index in [4.69, 9.17) is 4.42 Å². The Morgan fingerprint density at radius 3 is 2.72 bits per heavy atom. The first-order valence-corrected chi connectivity index (χ1v) is 9.35. The third-order valence-corrected chi connectivity index (χ3v) is 4.77. The first-order chi connectivity index (χ1) is 14.1. The van der Waals surface area contributed by atoms with Crippen molar-refractivity contribution in [2.45, 2.75) is 13.3 Å². The molecule has 4 aromatic rings. The number of aromatic nitrogens is 4. The fraction of sp³-hybridized carbons (Fsp3) is 0.182. The first-order valence-electron chi connectivity index (χ1n) is 9.35. The van der Waals surface area contributed by atoms with Gasteiger partial charge in [0.25, 0.3) is 11.9 Å². The lowest BCUT2D eigenvalue weighted by molar-refractivity contribution is 0.0796. The van der Waals surface area contributed by atoms with Crippen molar-refractivity contribution in [2.75, 3.05) is 13.6 Å². The van der Waals surface area contributed by atoms with Crippen molar-refractivity contribution in [1.82, 2.24) is 24.6 Å². The number of rotatable bonds is 6. The molecule has 0 bridgehead atoms. The van der Waals surface area contributed by atoms with Crippen LogP contribution in [0.2, 0.25) is 0 Å². The van der Waals surface area contributed by atoms with Crippen molar-refractivity contribution in [3.8, 4) is 17.4 Å². The van der Waals surface area contributed by atoms with Crippen LogP contribution in [-0.2, 0) is 6.42 Å². The van der Waals surface area contributed by atoms with Gasteiger partial charge in [-0.2, -0.15) is 5.10 Å². The molecule has 7 heteroatoms. The molecule has 3 aromatic heterocycles. The molecule has 0 N–H and O–H groups in total. The summed E-state index contributed by atoms with van der Waals surface area (Å²) in [6.07, 6.45) is 5.61. The fourth-order valence-electron chi connectivity index (χ4n) is 3.08. The largest absolute Gasteiger partial charge is 0.463 e. The molecule has 146 valence electrons. The molecule has 7 nitrogen and oxygen atoms in total. The van der Waals surface area contributed by atoms with E-state index >= 15 is 0 Å². The van der Waals surface area contributed by atoms with Gasteiger partial charge >= 0.3 is 0 Å². The zero-order valence-corrected chi connectivity index (χ0v) is 16.3. The van der Waals surface area contributed by atoms with Gasteiger partial charge in [0.1, 0.15) is 5.69 Å². The Kier molecular flexibility index (Phi) is 5.20. The van der Waals surface area contributed by atoms with Crippen LogP contribution in [0, 0.1) is 6.92 Å². The molecule has 1 aromatic carbocycles. The molecule has 0 atom stereocenters. The van der Waals surface area contributed by atoms with Gasteiger partial charge in [0, 0.05) is 19.8 Å². The Balaban J connectivity index is 1.52. The Morgan fingerprint density at radius 2 is 1.97 bits per heavy atom. The van der Waals surface area contributed by atoms with Gasteiger partial charge < -0.3 is 9.32 Å². The molecule has 0 radical (unpaired) electrons. The van der Waals surface area contributed by atoms with E-state index in [1.165, 1.54) is 5.56 Å². The van der Waals surface area contributed by atoms with Crippen LogP contribution in [0.5, 0.6) is 0 Å². The van der Waals surface area contributed by atoms with Gasteiger partial charge in [-0.25, -0.2) is 14.6 Å². The van der Waals surface area contributed by atoms with E-state index in [2.05, 4.69) is 27.2 Å². The van der Waals surface area contributed by atoms with E-state index in [1.807, 2.05) is 31.2 Å². The van der Waals surface area contributed by atoms with Gasteiger partial charge in [-0.15, -0.1) is 0 Å². The lowest BCUT2D eigenvalue weighted by Crippen LogP contribution is -2.29. The molecule has 0 aliphatic carbocycles. The number of hydrogen-bond donors (Lipinski definition) is 0. The van der Waals surface area contributed by atoms with Crippen molar-refractivity contribution in [2.24, 2.45) is 0 Å². The lowest BCUT2D eigenvalue weighted by atomic mass is 10.1. The predicted molar refractivity (Wildman–Crippen MR) is 109 cm³/mol. The molecule has 0 aliphatic rings. The Bertz CT molecular complexity index is 1100. The molecule has 0 saturated carbocycles. The summed E-state index contributed by atoms with van der Waals surface area (Å²) in [4.78, 5) is 23.4. The minimum atomic E-state index is -0.0770. The second kappa shape index (κ2) is 8.10. The van der Waals surface area contributed by atoms with Gasteiger partial charge in [-0.1, -0.05) is 30.3 Å². The van der Waals surface area contributed by atoms with Crippen molar-refractivity contribution in [3.05, 3.63) is 84.0 Å². The number of amides is 1. The zero-order chi connectivity index (χ0) is 20.2. The van der Waals surface area contributed by atoms with Crippen molar-refractivity contribution < 1.29 is 9.21 Å². The summed E-state index contributed by atoms with van der Waals surface area (Å²) < 4.78 is 6.97. The smallest absolute Gasteiger partial charge is 0.257 e. The van der Waals surface area contributed by atoms with Gasteiger partial charge in [-0.3, -0.25) is 4.79 Å². The number of hydrogen-bond acceptors (Lipinski definition) is 5. The molecule has 3 heterocycles. The van der Waals surface area contributed by atoms with Gasteiger partial charge in [0.05, 0.1) is 23.7 Å². The highest BCUT2D eigenvalue weighted by Crippen LogP contribution is 2.19. The standard InChI is InChI=1S/C22H21N5O2/c1-16-18(21(28)26(2)13-11-17-7-4-3-5-8-17)15-24-27(16)22-23-12-10-19(25-22)20-9-6-14-29-20/h3-10,12,14-15H,11,13H2,1-2H3. The van der Waals surface area contributed by atoms with E-state index < -0.39 is 0 Å². The molecule has 0 unspecified atom stereocenters. The maximum Gasteiger partial charge on any atom is 0.257 e. The van der Waals surface area contributed by atoms with Crippen LogP contribution in [0.3, 0.4) is 0 Å². The summed E-state index contributed by atoms with van der Waals surface area (Å²) in [6.45, 7) is 2.46. The Labute approximate surface area is 168 Å². The molecule has 1 amide bonds. The van der Waals surface area contributed by atoms with E-state index in [0.717, 1.165) is 6.42 Å². The van der Waals surface area contributed by atoms with Crippen molar-refractivity contribution >= 4 is 5.91 Å². The highest BCUT2D eigenvalue weighted by molar-refractivity contribution is 5.95. The summed E-state index contributed by atoms with van der Waals surface area (Å²) in [6, 6.07) is 15.5. The maximum absolute atomic E-state index is 12.9. The first kappa shape index (κ1) is 18.6. The summed E-state index contributed by atoms with van der Waals surface area (Å²) in [5.74, 6) is 0.963. The number of likely N-dealkylation sites (N-methyl/N-ethyl adjacent to an activating group) is 1. The summed E-state index contributed by atoms with van der Waals surface area (Å²) in [5.41, 5.74) is 3.08. The molecule has 0 saturated heterocycles. The van der Waals surface area contributed by atoms with Crippen LogP contribution in [0.25, 0.3) is 17.4 Å². The molecular formula is C22H21N5O2. The van der Waals surface area contributed by atoms with Crippen molar-refractivity contribution in [1.29, 1.82) is 0 Å². The van der Waals surface area contributed by atoms with Gasteiger partial charge in [-0.05, 0) is 37.1 Å². The highest BCUT2D eigenvalue weighted by Gasteiger charge is 2.20. The highest BCUT2D eigenvalue weighted by atomic mass is 16.3. The minimum Gasteiger partial charge on any atom is -0.463 e. The van der Waals surface area contributed by atoms with Gasteiger partial charge in [0.2, 0.25) is 0 Å². The maximum atomic E-state index is 12.9. The average Bonchev–Trinajstić information content (AvgIpc) is 3.42. The monoisotopic (exact) mass is 387 g/mol. The topological polar surface area (TPSA) is 77.0 Å². The lowest BCUT2D eigenvalue weighted by Gasteiger charge is -2.17. The SMILES string of the molecule is Cc1c(C(=O)N(C)CCc2ccccc2)cnn1-c1nccc(-c2ccco2)n1. The number of carbonyl (C=O) groups excluding carboxylic acids is 1. The van der Waals surface area contributed by atoms with E-state index in [1.54, 1.807) is 47.4 Å². The Morgan fingerprint density at radius 1 is 1.14 bits per heavy atom. The Hall–Kier alpha value is -3.74. The molecular weight excluding hydrogens is 366 g/mol. The second-order valence-electron chi connectivity index (χ2n) is 6.74. The molecule has 0 spiro atoms. The predicted octanol–water partition coefficient (Wildman–Crippen LogP) is 3.55. The van der Waals surface area contributed by atoms with Crippen molar-refractivity contribution in [3.63, 3.8) is 0 Å². The zero-order valence-electron chi connectivity index (χ0n) is 16.3. The van der Waals surface area contributed by atoms with E-state index in [-0.39, 0.29) is 5.91 Å². The third-order valence-electron chi connectivity index (χ3n) is 4.77. The number of nitrogens with zero attached hydrogens (tertiary/aromatic N) is 5. The number of benzene rings is 1. The number of furan rings is 1. The quantitative estimate of drug-likeness (QED) is 0.506. The van der Waals surface area contributed by atoms with Crippen LogP contribution in [0.4, 0.5) is 0 Å². The molecule has 4 rings (SSSR count). The van der Waals surface area contributed by atoms with Crippen LogP contribution in [0.15, 0.2) is 71.6 Å². The molecule has 29 heavy (non-hydrogen) atoms. The second-order valence-corrected chi connectivity index (χ2v) is 6.74. The van der Waals surface area contributed by atoms with E-state index in [9.17, 15) is 4.79 Å². The van der Waals surface area contributed by atoms with Crippen LogP contribution >= 0.6 is 0 Å². The minimum absolute atomic E-state index is 0.0770. The van der Waals surface area contributed by atoms with Gasteiger partial charge in [0.15, 0.2) is 5.76 Å². The van der Waals surface area contributed by atoms with Crippen LogP contribution < -0.4 is 0 Å². The van der Waals surface area contributed by atoms with E-state index in [0.29, 0.717) is 35.2 Å². The third kappa shape index (κ3) is 3.94.